The third kappa shape index (κ3) is 11.6. The zero-order valence-corrected chi connectivity index (χ0v) is 44.1. The number of rotatable bonds is 28. The monoisotopic (exact) mass is 1020 g/mol. The second-order valence-electron chi connectivity index (χ2n) is 19.4. The zero-order valence-electron chi connectivity index (χ0n) is 44.1. The molecule has 25 atom stereocenters. The highest BCUT2D eigenvalue weighted by atomic mass is 16.6. The van der Waals surface area contributed by atoms with Crippen molar-refractivity contribution in [1.29, 1.82) is 0 Å². The van der Waals surface area contributed by atoms with Gasteiger partial charge in [0.15, 0.2) is 0 Å². The minimum Gasteiger partial charge on any atom is -0.396 e. The Bertz CT molecular complexity index is 1340. The summed E-state index contributed by atoms with van der Waals surface area (Å²) >= 11 is 0. The molecular weight excluding hydrogens is 925 g/mol. The van der Waals surface area contributed by atoms with E-state index in [1.165, 1.54) is 42.7 Å². The topological polar surface area (TPSA) is 268 Å². The van der Waals surface area contributed by atoms with Crippen LogP contribution >= 0.6 is 0 Å². The van der Waals surface area contributed by atoms with Crippen LogP contribution in [0.25, 0.3) is 0 Å². The van der Waals surface area contributed by atoms with Gasteiger partial charge in [0.25, 0.3) is 0 Å². The maximum Gasteiger partial charge on any atom is 0.111 e. The minimum atomic E-state index is -0.841. The molecule has 4 aliphatic carbocycles. The largest absolute Gasteiger partial charge is 0.396 e. The molecule has 0 aromatic carbocycles. The molecule has 0 spiro atoms. The van der Waals surface area contributed by atoms with E-state index >= 15 is 0 Å². The maximum absolute atomic E-state index is 11.5. The fourth-order valence-electron chi connectivity index (χ4n) is 14.1. The molecule has 4 saturated carbocycles. The molecule has 4 aliphatic rings. The smallest absolute Gasteiger partial charge is 0.111 e. The number of ether oxygens (including phenoxy) is 13. The van der Waals surface area contributed by atoms with Crippen molar-refractivity contribution in [3.8, 4) is 0 Å². The van der Waals surface area contributed by atoms with Crippen LogP contribution in [0.4, 0.5) is 0 Å². The fourth-order valence-corrected chi connectivity index (χ4v) is 14.1. The molecule has 4 rings (SSSR count). The van der Waals surface area contributed by atoms with E-state index in [1.807, 2.05) is 6.92 Å². The van der Waals surface area contributed by atoms with E-state index in [0.29, 0.717) is 0 Å². The molecule has 0 bridgehead atoms. The van der Waals surface area contributed by atoms with Crippen LogP contribution in [0, 0.1) is 47.3 Å². The van der Waals surface area contributed by atoms with Gasteiger partial charge in [0, 0.05) is 211 Å². The molecule has 22 nitrogen and oxygen atoms in total. The Kier molecular flexibility index (Phi) is 25.9. The van der Waals surface area contributed by atoms with Gasteiger partial charge in [0.05, 0.1) is 61.5 Å². The van der Waals surface area contributed by atoms with E-state index in [-0.39, 0.29) is 52.0 Å². The summed E-state index contributed by atoms with van der Waals surface area (Å²) in [6.07, 6.45) is -9.62. The molecule has 7 N–H and O–H groups in total. The average Bonchev–Trinajstić information content (AvgIpc) is 3.39. The van der Waals surface area contributed by atoms with Gasteiger partial charge in [-0.25, -0.2) is 0 Å². The predicted octanol–water partition coefficient (Wildman–Crippen LogP) is -2.79. The molecule has 70 heavy (non-hydrogen) atoms. The molecule has 4 fully saturated rings. The first-order valence-corrected chi connectivity index (χ1v) is 24.5. The molecule has 0 aromatic heterocycles. The minimum absolute atomic E-state index is 0.0210. The summed E-state index contributed by atoms with van der Waals surface area (Å²) in [5.74, 6) is -5.08. The zero-order chi connectivity index (χ0) is 52.1. The molecule has 0 heterocycles. The first kappa shape index (κ1) is 61.7. The summed E-state index contributed by atoms with van der Waals surface area (Å²) in [7, 11) is 20.1. The van der Waals surface area contributed by atoms with E-state index in [2.05, 4.69) is 9.80 Å². The SMILES string of the molecule is COC(CN([C@H]1[C@H](OC)[C@H](OC)[C@@H](CO)[C@@H](CO)[C@@H]1OC)[C@H]1[C@H](CO)[C@H](CO)[C@@H](OC)[C@@H](OC)[C@@H]1OC)CN([C@@H]1[C@@H](CO)[C@H](CO)[C@H](OC)[C@@H](OC)[C@H]1OC)[C@H]1[C@H](CO)[C@H](OC)[C@@H](OC)[C@@H](C)[C@@H]1OC. The number of aliphatic hydroxyl groups excluding tert-OH is 7. The van der Waals surface area contributed by atoms with Crippen LogP contribution in [0.15, 0.2) is 0 Å². The van der Waals surface area contributed by atoms with E-state index in [9.17, 15) is 35.7 Å². The highest BCUT2D eigenvalue weighted by Gasteiger charge is 2.62. The lowest BCUT2D eigenvalue weighted by atomic mass is 9.67. The Labute approximate surface area is 415 Å². The molecular formula is C48H92N2O20. The van der Waals surface area contributed by atoms with Gasteiger partial charge in [-0.3, -0.25) is 9.80 Å². The van der Waals surface area contributed by atoms with Gasteiger partial charge in [-0.15, -0.1) is 0 Å². The number of nitrogens with zero attached hydrogens (tertiary/aromatic N) is 2. The van der Waals surface area contributed by atoms with E-state index in [1.54, 1.807) is 49.8 Å². The third-order valence-electron chi connectivity index (χ3n) is 17.2. The Balaban J connectivity index is 2.12. The molecule has 0 aromatic rings. The normalized spacial score (nSPS) is 43.2. The summed E-state index contributed by atoms with van der Waals surface area (Å²) in [5.41, 5.74) is 0. The van der Waals surface area contributed by atoms with Crippen molar-refractivity contribution in [1.82, 2.24) is 9.80 Å². The van der Waals surface area contributed by atoms with Gasteiger partial charge in [-0.05, 0) is 0 Å². The van der Waals surface area contributed by atoms with Gasteiger partial charge in [-0.2, -0.15) is 0 Å². The number of hydrogen-bond acceptors (Lipinski definition) is 22. The Morgan fingerprint density at radius 2 is 0.543 bits per heavy atom. The van der Waals surface area contributed by atoms with Crippen LogP contribution < -0.4 is 0 Å². The van der Waals surface area contributed by atoms with Gasteiger partial charge < -0.3 is 97.3 Å². The second-order valence-corrected chi connectivity index (χ2v) is 19.4. The lowest BCUT2D eigenvalue weighted by Crippen LogP contribution is -2.75. The summed E-state index contributed by atoms with van der Waals surface area (Å²) in [6, 6.07) is -3.09. The van der Waals surface area contributed by atoms with E-state index in [0.717, 1.165) is 0 Å². The molecule has 414 valence electrons. The quantitative estimate of drug-likeness (QED) is 0.0418. The first-order chi connectivity index (χ1) is 33.9. The van der Waals surface area contributed by atoms with Crippen LogP contribution in [0.5, 0.6) is 0 Å². The van der Waals surface area contributed by atoms with Crippen molar-refractivity contribution in [3.05, 3.63) is 0 Å². The average molecular weight is 1020 g/mol. The van der Waals surface area contributed by atoms with E-state index in [4.69, 9.17) is 61.6 Å². The number of aliphatic hydroxyl groups is 7. The van der Waals surface area contributed by atoms with Crippen molar-refractivity contribution in [2.75, 3.05) is 152 Å². The lowest BCUT2D eigenvalue weighted by molar-refractivity contribution is -0.250. The van der Waals surface area contributed by atoms with Gasteiger partial charge >= 0.3 is 0 Å². The number of methoxy groups -OCH3 is 13. The highest BCUT2D eigenvalue weighted by Crippen LogP contribution is 2.47. The summed E-state index contributed by atoms with van der Waals surface area (Å²) in [4.78, 5) is 4.22. The van der Waals surface area contributed by atoms with E-state index < -0.39 is 158 Å². The predicted molar refractivity (Wildman–Crippen MR) is 252 cm³/mol. The second kappa shape index (κ2) is 29.4. The van der Waals surface area contributed by atoms with Crippen LogP contribution in [-0.4, -0.2) is 301 Å². The van der Waals surface area contributed by atoms with Crippen LogP contribution in [0.2, 0.25) is 0 Å². The van der Waals surface area contributed by atoms with Crippen molar-refractivity contribution in [3.63, 3.8) is 0 Å². The summed E-state index contributed by atoms with van der Waals surface area (Å²) < 4.78 is 81.4. The summed E-state index contributed by atoms with van der Waals surface area (Å²) in [5, 5.41) is 79.0. The molecule has 0 amide bonds. The molecule has 1 unspecified atom stereocenters. The fraction of sp³-hybridized carbons (Fsp3) is 1.00. The standard InChI is InChI=1S/C48H92N2O20/c1-24-37(59-3)35(32(23-57)43(65-9)38(24)60-4)49(33-26(17-51)28(19-53)41(63-7)47(69-13)44(33)66-10)15-25(58-2)16-50(34-27(18-52)29(20-54)42(64-8)48(70-14)45(34)67-11)36-39(61-5)30(21-55)31(22-56)40(62-6)46(36)68-12/h24-48,51-57H,15-23H2,1-14H3/t24-,25?,26-,27+,28-,29-,30+,31-,32-,33+,34-,35-,36+,37-,38-,39-,40+,41-,42+,43-,44-,45+,46-,47+,48+/m0/s1. The Hall–Kier alpha value is -0.880. The van der Waals surface area contributed by atoms with Crippen molar-refractivity contribution >= 4 is 0 Å². The van der Waals surface area contributed by atoms with Crippen molar-refractivity contribution in [2.24, 2.45) is 47.3 Å². The maximum atomic E-state index is 11.5. The van der Waals surface area contributed by atoms with Gasteiger partial charge in [0.2, 0.25) is 0 Å². The highest BCUT2D eigenvalue weighted by molar-refractivity contribution is 5.13. The lowest BCUT2D eigenvalue weighted by Gasteiger charge is -2.60. The Morgan fingerprint density at radius 1 is 0.286 bits per heavy atom. The third-order valence-corrected chi connectivity index (χ3v) is 17.2. The molecule has 0 saturated heterocycles. The molecule has 22 heteroatoms. The van der Waals surface area contributed by atoms with Gasteiger partial charge in [0.1, 0.15) is 30.5 Å². The number of hydrogen-bond donors (Lipinski definition) is 7. The molecule has 0 radical (unpaired) electrons. The van der Waals surface area contributed by atoms with Crippen molar-refractivity contribution in [2.45, 2.75) is 110 Å². The first-order valence-electron chi connectivity index (χ1n) is 24.5. The Morgan fingerprint density at radius 3 is 0.857 bits per heavy atom. The van der Waals surface area contributed by atoms with Gasteiger partial charge in [-0.1, -0.05) is 6.92 Å². The summed E-state index contributed by atoms with van der Waals surface area (Å²) in [6.45, 7) is -0.604. The van der Waals surface area contributed by atoms with Crippen LogP contribution in [-0.2, 0) is 61.6 Å². The van der Waals surface area contributed by atoms with Crippen molar-refractivity contribution < 1.29 is 97.3 Å². The van der Waals surface area contributed by atoms with Crippen LogP contribution in [0.1, 0.15) is 6.92 Å². The van der Waals surface area contributed by atoms with Crippen LogP contribution in [0.3, 0.4) is 0 Å². The molecule has 0 aliphatic heterocycles.